The Morgan fingerprint density at radius 3 is 2.76 bits per heavy atom. The molecule has 1 unspecified atom stereocenters. The van der Waals surface area contributed by atoms with E-state index in [1.807, 2.05) is 18.2 Å². The average molecular weight is 374 g/mol. The van der Waals surface area contributed by atoms with Crippen molar-refractivity contribution < 1.29 is 9.13 Å². The van der Waals surface area contributed by atoms with Gasteiger partial charge < -0.3 is 4.74 Å². The maximum atomic E-state index is 13.9. The van der Waals surface area contributed by atoms with E-state index in [0.717, 1.165) is 10.0 Å². The number of hydrogen-bond donors (Lipinski definition) is 2. The first-order valence-electron chi connectivity index (χ1n) is 6.28. The summed E-state index contributed by atoms with van der Waals surface area (Å²) in [5, 5.41) is 0.491. The molecule has 0 amide bonds. The minimum atomic E-state index is -0.310. The molecular weight excluding hydrogens is 359 g/mol. The number of nitrogens with two attached hydrogens (primary N) is 1. The molecule has 0 aliphatic carbocycles. The van der Waals surface area contributed by atoms with E-state index in [-0.39, 0.29) is 11.9 Å². The molecule has 0 spiro atoms. The number of rotatable bonds is 5. The summed E-state index contributed by atoms with van der Waals surface area (Å²) < 4.78 is 20.1. The molecule has 2 aromatic rings. The number of halogens is 3. The summed E-state index contributed by atoms with van der Waals surface area (Å²) in [5.74, 6) is 6.00. The minimum Gasteiger partial charge on any atom is -0.496 e. The molecule has 0 heterocycles. The van der Waals surface area contributed by atoms with E-state index in [1.165, 1.54) is 12.1 Å². The Kier molecular flexibility index (Phi) is 5.58. The van der Waals surface area contributed by atoms with Crippen LogP contribution in [0.25, 0.3) is 0 Å². The summed E-state index contributed by atoms with van der Waals surface area (Å²) in [4.78, 5) is 0. The molecule has 6 heteroatoms. The highest BCUT2D eigenvalue weighted by molar-refractivity contribution is 9.10. The first-order valence-corrected chi connectivity index (χ1v) is 7.45. The molecule has 0 saturated heterocycles. The van der Waals surface area contributed by atoms with Crippen molar-refractivity contribution in [3.05, 3.63) is 62.8 Å². The van der Waals surface area contributed by atoms with Gasteiger partial charge in [-0.2, -0.15) is 0 Å². The molecule has 0 aliphatic heterocycles. The van der Waals surface area contributed by atoms with Gasteiger partial charge in [0.25, 0.3) is 0 Å². The summed E-state index contributed by atoms with van der Waals surface area (Å²) in [6.45, 7) is 0. The first kappa shape index (κ1) is 16.2. The molecule has 0 bridgehead atoms. The standard InChI is InChI=1S/C15H15BrClFN2O/c1-21-15-8-10(16)2-4-12(15)14(20-19)7-9-6-11(17)3-5-13(9)18/h2-6,8,14,20H,7,19H2,1H3. The molecule has 2 aromatic carbocycles. The Hall–Kier alpha value is -1.14. The molecule has 0 radical (unpaired) electrons. The van der Waals surface area contributed by atoms with Gasteiger partial charge in [0.2, 0.25) is 0 Å². The number of hydrogen-bond acceptors (Lipinski definition) is 3. The Labute approximate surface area is 136 Å². The Morgan fingerprint density at radius 2 is 2.10 bits per heavy atom. The molecule has 21 heavy (non-hydrogen) atoms. The number of hydrazine groups is 1. The quantitative estimate of drug-likeness (QED) is 0.615. The molecule has 0 aliphatic rings. The van der Waals surface area contributed by atoms with Crippen molar-refractivity contribution in [2.75, 3.05) is 7.11 Å². The van der Waals surface area contributed by atoms with Crippen molar-refractivity contribution in [1.82, 2.24) is 5.43 Å². The van der Waals surface area contributed by atoms with Gasteiger partial charge in [0.05, 0.1) is 13.2 Å². The number of methoxy groups -OCH3 is 1. The smallest absolute Gasteiger partial charge is 0.126 e. The monoisotopic (exact) mass is 372 g/mol. The lowest BCUT2D eigenvalue weighted by Gasteiger charge is -2.20. The van der Waals surface area contributed by atoms with E-state index < -0.39 is 0 Å². The van der Waals surface area contributed by atoms with Gasteiger partial charge in [-0.1, -0.05) is 33.6 Å². The average Bonchev–Trinajstić information content (AvgIpc) is 2.48. The molecule has 1 atom stereocenters. The molecule has 112 valence electrons. The maximum Gasteiger partial charge on any atom is 0.126 e. The second kappa shape index (κ2) is 7.22. The maximum absolute atomic E-state index is 13.9. The molecule has 0 fully saturated rings. The lowest BCUT2D eigenvalue weighted by molar-refractivity contribution is 0.398. The van der Waals surface area contributed by atoms with Crippen LogP contribution >= 0.6 is 27.5 Å². The summed E-state index contributed by atoms with van der Waals surface area (Å²) in [6.07, 6.45) is 0.362. The van der Waals surface area contributed by atoms with Crippen LogP contribution in [0.3, 0.4) is 0 Å². The van der Waals surface area contributed by atoms with Gasteiger partial charge in [0, 0.05) is 15.1 Å². The first-order chi connectivity index (χ1) is 10.0. The van der Waals surface area contributed by atoms with Gasteiger partial charge in [0.15, 0.2) is 0 Å². The third kappa shape index (κ3) is 3.95. The minimum absolute atomic E-state index is 0.291. The Balaban J connectivity index is 2.34. The molecule has 3 nitrogen and oxygen atoms in total. The summed E-state index contributed by atoms with van der Waals surface area (Å²) in [7, 11) is 1.58. The third-order valence-corrected chi connectivity index (χ3v) is 3.93. The summed E-state index contributed by atoms with van der Waals surface area (Å²) in [5.41, 5.74) is 4.05. The third-order valence-electron chi connectivity index (χ3n) is 3.20. The second-order valence-corrected chi connectivity index (χ2v) is 5.90. The van der Waals surface area contributed by atoms with Crippen LogP contribution in [0.2, 0.25) is 5.02 Å². The molecule has 0 saturated carbocycles. The highest BCUT2D eigenvalue weighted by atomic mass is 79.9. The normalized spacial score (nSPS) is 12.2. The fourth-order valence-corrected chi connectivity index (χ4v) is 2.69. The summed E-state index contributed by atoms with van der Waals surface area (Å²) >= 11 is 9.31. The van der Waals surface area contributed by atoms with Crippen molar-refractivity contribution in [3.63, 3.8) is 0 Å². The zero-order valence-corrected chi connectivity index (χ0v) is 13.7. The van der Waals surface area contributed by atoms with Crippen molar-refractivity contribution in [3.8, 4) is 5.75 Å². The number of benzene rings is 2. The van der Waals surface area contributed by atoms with E-state index >= 15 is 0 Å². The van der Waals surface area contributed by atoms with Gasteiger partial charge in [-0.05, 0) is 42.3 Å². The Bertz CT molecular complexity index is 639. The van der Waals surface area contributed by atoms with E-state index in [1.54, 1.807) is 13.2 Å². The van der Waals surface area contributed by atoms with E-state index in [9.17, 15) is 4.39 Å². The van der Waals surface area contributed by atoms with Crippen molar-refractivity contribution >= 4 is 27.5 Å². The zero-order valence-electron chi connectivity index (χ0n) is 11.4. The van der Waals surface area contributed by atoms with Gasteiger partial charge in [-0.3, -0.25) is 11.3 Å². The predicted molar refractivity (Wildman–Crippen MR) is 85.9 cm³/mol. The van der Waals surface area contributed by atoms with E-state index in [2.05, 4.69) is 21.4 Å². The predicted octanol–water partition coefficient (Wildman–Crippen LogP) is 4.00. The van der Waals surface area contributed by atoms with Crippen LogP contribution in [0.4, 0.5) is 4.39 Å². The van der Waals surface area contributed by atoms with Crippen LogP contribution in [0.5, 0.6) is 5.75 Å². The highest BCUT2D eigenvalue weighted by Crippen LogP contribution is 2.31. The lowest BCUT2D eigenvalue weighted by Crippen LogP contribution is -2.30. The van der Waals surface area contributed by atoms with Crippen molar-refractivity contribution in [2.24, 2.45) is 5.84 Å². The zero-order chi connectivity index (χ0) is 15.4. The fourth-order valence-electron chi connectivity index (χ4n) is 2.15. The number of ether oxygens (including phenoxy) is 1. The molecule has 2 rings (SSSR count). The van der Waals surface area contributed by atoms with Gasteiger partial charge in [-0.15, -0.1) is 0 Å². The SMILES string of the molecule is COc1cc(Br)ccc1C(Cc1cc(Cl)ccc1F)NN. The largest absolute Gasteiger partial charge is 0.496 e. The Morgan fingerprint density at radius 1 is 1.33 bits per heavy atom. The molecular formula is C15H15BrClFN2O. The van der Waals surface area contributed by atoms with Crippen LogP contribution < -0.4 is 16.0 Å². The van der Waals surface area contributed by atoms with E-state index in [4.69, 9.17) is 22.2 Å². The topological polar surface area (TPSA) is 47.3 Å². The van der Waals surface area contributed by atoms with Crippen LogP contribution in [0.15, 0.2) is 40.9 Å². The van der Waals surface area contributed by atoms with Gasteiger partial charge in [0.1, 0.15) is 11.6 Å². The highest BCUT2D eigenvalue weighted by Gasteiger charge is 2.17. The van der Waals surface area contributed by atoms with Crippen LogP contribution in [0.1, 0.15) is 17.2 Å². The number of nitrogens with one attached hydrogen (secondary N) is 1. The van der Waals surface area contributed by atoms with Crippen molar-refractivity contribution in [1.29, 1.82) is 0 Å². The molecule has 0 aromatic heterocycles. The second-order valence-electron chi connectivity index (χ2n) is 4.55. The summed E-state index contributed by atoms with van der Waals surface area (Å²) in [6, 6.07) is 9.80. The van der Waals surface area contributed by atoms with Gasteiger partial charge in [-0.25, -0.2) is 4.39 Å². The van der Waals surface area contributed by atoms with Crippen LogP contribution in [0, 0.1) is 5.82 Å². The van der Waals surface area contributed by atoms with Gasteiger partial charge >= 0.3 is 0 Å². The fraction of sp³-hybridized carbons (Fsp3) is 0.200. The lowest BCUT2D eigenvalue weighted by atomic mass is 9.98. The molecule has 3 N–H and O–H groups in total. The van der Waals surface area contributed by atoms with E-state index in [0.29, 0.717) is 22.8 Å². The van der Waals surface area contributed by atoms with Crippen LogP contribution in [-0.4, -0.2) is 7.11 Å². The van der Waals surface area contributed by atoms with Crippen molar-refractivity contribution in [2.45, 2.75) is 12.5 Å². The van der Waals surface area contributed by atoms with Crippen LogP contribution in [-0.2, 0) is 6.42 Å².